The normalized spacial score (nSPS) is 11.4. The quantitative estimate of drug-likeness (QED) is 0.151. The molecule has 0 radical (unpaired) electrons. The molecule has 10 aromatic carbocycles. The number of fused-ring (bicyclic) bond motifs is 6. The predicted molar refractivity (Wildman–Crippen MR) is 245 cm³/mol. The van der Waals surface area contributed by atoms with Crippen molar-refractivity contribution in [1.29, 1.82) is 0 Å². The molecule has 11 aromatic rings. The van der Waals surface area contributed by atoms with Crippen molar-refractivity contribution in [3.8, 4) is 44.5 Å². The van der Waals surface area contributed by atoms with Crippen molar-refractivity contribution < 1.29 is 4.42 Å². The first-order valence-electron chi connectivity index (χ1n) is 19.8. The monoisotopic (exact) mass is 739 g/mol. The Morgan fingerprint density at radius 2 is 0.828 bits per heavy atom. The van der Waals surface area contributed by atoms with Gasteiger partial charge in [-0.2, -0.15) is 0 Å². The molecule has 0 amide bonds. The highest BCUT2D eigenvalue weighted by Gasteiger charge is 2.23. The molecule has 0 saturated carbocycles. The lowest BCUT2D eigenvalue weighted by atomic mass is 9.90. The van der Waals surface area contributed by atoms with E-state index in [0.717, 1.165) is 61.3 Å². The number of hydrogen-bond donors (Lipinski definition) is 0. The molecule has 0 aliphatic carbocycles. The number of benzene rings is 10. The first kappa shape index (κ1) is 33.6. The fourth-order valence-electron chi connectivity index (χ4n) is 8.66. The van der Waals surface area contributed by atoms with Crippen LogP contribution in [-0.2, 0) is 0 Å². The third kappa shape index (κ3) is 5.82. The van der Waals surface area contributed by atoms with Crippen LogP contribution in [-0.4, -0.2) is 0 Å². The standard InChI is InChI=1S/C56H37NO/c1-3-13-38(14-4-1)40-25-29-44(30-26-40)55-49(51-22-11-21-50-48-19-9-10-24-54(48)58-56(50)51)20-12-23-53(55)57(45-34-31-41(32-35-45)39-15-5-2-6-16-39)46-36-33-43-28-27-42-17-7-8-18-47(42)52(43)37-46/h1-37H. The Bertz CT molecular complexity index is 3250. The van der Waals surface area contributed by atoms with Gasteiger partial charge in [0.15, 0.2) is 0 Å². The zero-order chi connectivity index (χ0) is 38.4. The first-order chi connectivity index (χ1) is 28.8. The van der Waals surface area contributed by atoms with Crippen LogP contribution in [0.4, 0.5) is 17.1 Å². The van der Waals surface area contributed by atoms with Crippen LogP contribution >= 0.6 is 0 Å². The molecular formula is C56H37NO. The molecule has 11 rings (SSSR count). The number of nitrogens with zero attached hydrogens (tertiary/aromatic N) is 1. The molecule has 0 saturated heterocycles. The molecule has 0 spiro atoms. The van der Waals surface area contributed by atoms with Gasteiger partial charge < -0.3 is 9.32 Å². The maximum absolute atomic E-state index is 6.71. The van der Waals surface area contributed by atoms with Crippen molar-refractivity contribution in [3.05, 3.63) is 224 Å². The average molecular weight is 740 g/mol. The van der Waals surface area contributed by atoms with Crippen LogP contribution in [0.25, 0.3) is 88.0 Å². The minimum absolute atomic E-state index is 0.887. The Hall–Kier alpha value is -7.68. The van der Waals surface area contributed by atoms with Gasteiger partial charge in [0.1, 0.15) is 11.2 Å². The molecule has 0 atom stereocenters. The van der Waals surface area contributed by atoms with E-state index in [1.54, 1.807) is 0 Å². The molecule has 272 valence electrons. The average Bonchev–Trinajstić information content (AvgIpc) is 3.69. The predicted octanol–water partition coefficient (Wildman–Crippen LogP) is 16.0. The Labute approximate surface area is 337 Å². The van der Waals surface area contributed by atoms with E-state index in [2.05, 4.69) is 223 Å². The van der Waals surface area contributed by atoms with Crippen molar-refractivity contribution in [2.24, 2.45) is 0 Å². The van der Waals surface area contributed by atoms with Gasteiger partial charge in [0.2, 0.25) is 0 Å². The summed E-state index contributed by atoms with van der Waals surface area (Å²) in [4.78, 5) is 2.43. The second-order valence-electron chi connectivity index (χ2n) is 14.9. The van der Waals surface area contributed by atoms with Gasteiger partial charge in [0, 0.05) is 33.3 Å². The molecular weight excluding hydrogens is 703 g/mol. The zero-order valence-corrected chi connectivity index (χ0v) is 31.7. The maximum atomic E-state index is 6.71. The van der Waals surface area contributed by atoms with Crippen molar-refractivity contribution in [3.63, 3.8) is 0 Å². The van der Waals surface area contributed by atoms with Gasteiger partial charge in [-0.15, -0.1) is 0 Å². The van der Waals surface area contributed by atoms with E-state index < -0.39 is 0 Å². The molecule has 58 heavy (non-hydrogen) atoms. The van der Waals surface area contributed by atoms with E-state index in [1.807, 2.05) is 6.07 Å². The number of furan rings is 1. The maximum Gasteiger partial charge on any atom is 0.143 e. The molecule has 1 heterocycles. The van der Waals surface area contributed by atoms with Crippen LogP contribution < -0.4 is 4.90 Å². The van der Waals surface area contributed by atoms with Gasteiger partial charge in [0.05, 0.1) is 5.69 Å². The van der Waals surface area contributed by atoms with Crippen LogP contribution in [0.3, 0.4) is 0 Å². The number of rotatable bonds is 7. The summed E-state index contributed by atoms with van der Waals surface area (Å²) in [6.07, 6.45) is 0. The first-order valence-corrected chi connectivity index (χ1v) is 19.8. The Morgan fingerprint density at radius 3 is 1.57 bits per heavy atom. The van der Waals surface area contributed by atoms with Crippen LogP contribution in [0, 0.1) is 0 Å². The fourth-order valence-corrected chi connectivity index (χ4v) is 8.66. The van der Waals surface area contributed by atoms with Crippen molar-refractivity contribution in [1.82, 2.24) is 0 Å². The van der Waals surface area contributed by atoms with E-state index in [4.69, 9.17) is 4.42 Å². The minimum atomic E-state index is 0.887. The van der Waals surface area contributed by atoms with E-state index in [9.17, 15) is 0 Å². The lowest BCUT2D eigenvalue weighted by Crippen LogP contribution is -2.12. The Balaban J connectivity index is 1.18. The molecule has 0 aliphatic rings. The lowest BCUT2D eigenvalue weighted by Gasteiger charge is -2.30. The fraction of sp³-hybridized carbons (Fsp3) is 0. The second-order valence-corrected chi connectivity index (χ2v) is 14.9. The third-order valence-corrected chi connectivity index (χ3v) is 11.5. The van der Waals surface area contributed by atoms with Crippen molar-refractivity contribution in [2.75, 3.05) is 4.90 Å². The molecule has 0 aliphatic heterocycles. The zero-order valence-electron chi connectivity index (χ0n) is 31.7. The molecule has 0 N–H and O–H groups in total. The summed E-state index contributed by atoms with van der Waals surface area (Å²) in [5.74, 6) is 0. The van der Waals surface area contributed by atoms with Crippen LogP contribution in [0.5, 0.6) is 0 Å². The summed E-state index contributed by atoms with van der Waals surface area (Å²) in [6.45, 7) is 0. The summed E-state index contributed by atoms with van der Waals surface area (Å²) in [6, 6.07) is 80.8. The summed E-state index contributed by atoms with van der Waals surface area (Å²) in [7, 11) is 0. The number of hydrogen-bond acceptors (Lipinski definition) is 2. The molecule has 2 heteroatoms. The van der Waals surface area contributed by atoms with E-state index in [-0.39, 0.29) is 0 Å². The van der Waals surface area contributed by atoms with Crippen LogP contribution in [0.2, 0.25) is 0 Å². The highest BCUT2D eigenvalue weighted by Crippen LogP contribution is 2.48. The SMILES string of the molecule is c1ccc(-c2ccc(-c3c(-c4cccc5c4oc4ccccc45)cccc3N(c3ccc(-c4ccccc4)cc3)c3ccc4ccc5ccccc5c4c3)cc2)cc1. The van der Waals surface area contributed by atoms with E-state index >= 15 is 0 Å². The van der Waals surface area contributed by atoms with Crippen molar-refractivity contribution >= 4 is 60.5 Å². The van der Waals surface area contributed by atoms with Gasteiger partial charge in [-0.05, 0) is 91.3 Å². The lowest BCUT2D eigenvalue weighted by molar-refractivity contribution is 0.670. The minimum Gasteiger partial charge on any atom is -0.455 e. The summed E-state index contributed by atoms with van der Waals surface area (Å²) >= 11 is 0. The Kier molecular flexibility index (Phi) is 8.19. The van der Waals surface area contributed by atoms with Crippen molar-refractivity contribution in [2.45, 2.75) is 0 Å². The van der Waals surface area contributed by atoms with Gasteiger partial charge in [-0.1, -0.05) is 188 Å². The molecule has 1 aromatic heterocycles. The van der Waals surface area contributed by atoms with Gasteiger partial charge in [-0.3, -0.25) is 0 Å². The summed E-state index contributed by atoms with van der Waals surface area (Å²) in [5.41, 5.74) is 14.1. The van der Waals surface area contributed by atoms with Gasteiger partial charge in [-0.25, -0.2) is 0 Å². The van der Waals surface area contributed by atoms with Gasteiger partial charge >= 0.3 is 0 Å². The Morgan fingerprint density at radius 1 is 0.310 bits per heavy atom. The van der Waals surface area contributed by atoms with Gasteiger partial charge in [0.25, 0.3) is 0 Å². The number of para-hydroxylation sites is 2. The van der Waals surface area contributed by atoms with E-state index in [0.29, 0.717) is 0 Å². The molecule has 0 bridgehead atoms. The smallest absolute Gasteiger partial charge is 0.143 e. The molecule has 2 nitrogen and oxygen atoms in total. The van der Waals surface area contributed by atoms with E-state index in [1.165, 1.54) is 43.8 Å². The topological polar surface area (TPSA) is 16.4 Å². The molecule has 0 fully saturated rings. The highest BCUT2D eigenvalue weighted by atomic mass is 16.3. The summed E-state index contributed by atoms with van der Waals surface area (Å²) < 4.78 is 6.71. The third-order valence-electron chi connectivity index (χ3n) is 11.5. The van der Waals surface area contributed by atoms with Crippen LogP contribution in [0.15, 0.2) is 229 Å². The second kappa shape index (κ2) is 14.1. The number of anilines is 3. The van der Waals surface area contributed by atoms with Crippen LogP contribution in [0.1, 0.15) is 0 Å². The molecule has 0 unspecified atom stereocenters. The summed E-state index contributed by atoms with van der Waals surface area (Å²) in [5, 5.41) is 7.13. The largest absolute Gasteiger partial charge is 0.455 e. The highest BCUT2D eigenvalue weighted by molar-refractivity contribution is 6.12.